The third-order valence-electron chi connectivity index (χ3n) is 0.474. The van der Waals surface area contributed by atoms with Gasteiger partial charge in [0, 0.05) is 0 Å². The van der Waals surface area contributed by atoms with E-state index in [0.29, 0.717) is 0 Å². The Morgan fingerprint density at radius 1 is 0.667 bits per heavy atom. The molecule has 0 unspecified atom stereocenters. The van der Waals surface area contributed by atoms with Gasteiger partial charge in [-0.25, -0.2) is 0 Å². The molecular weight excluding hydrogens is 160 g/mol. The normalized spacial score (nSPS) is 9.33. The summed E-state index contributed by atoms with van der Waals surface area (Å²) in [5.74, 6) is 0. The predicted octanol–water partition coefficient (Wildman–Crippen LogP) is 0.0646. The van der Waals surface area contributed by atoms with Gasteiger partial charge in [0.25, 0.3) is 0 Å². The Morgan fingerprint density at radius 2 is 0.889 bits per heavy atom. The Bertz CT molecular complexity index is 205. The van der Waals surface area contributed by atoms with Crippen LogP contribution >= 0.6 is 0 Å². The molecule has 0 N–H and O–H groups in total. The van der Waals surface area contributed by atoms with E-state index >= 15 is 0 Å². The Hall–Kier alpha value is -1.52. The molecule has 44 valence electrons. The van der Waals surface area contributed by atoms with Gasteiger partial charge in [0.05, 0.1) is 0 Å². The van der Waals surface area contributed by atoms with Crippen LogP contribution < -0.4 is 0 Å². The predicted molar refractivity (Wildman–Crippen MR) is 22.5 cm³/mol. The van der Waals surface area contributed by atoms with Gasteiger partial charge in [0.15, 0.2) is 0 Å². The second-order valence-corrected chi connectivity index (χ2v) is 3.49. The number of rotatable bonds is 0. The summed E-state index contributed by atoms with van der Waals surface area (Å²) >= 11 is -3.33. The Labute approximate surface area is 54.4 Å². The van der Waals surface area contributed by atoms with Crippen molar-refractivity contribution in [1.82, 2.24) is 0 Å². The van der Waals surface area contributed by atoms with Gasteiger partial charge < -0.3 is 0 Å². The minimum absolute atomic E-state index is 1.41. The van der Waals surface area contributed by atoms with Crippen LogP contribution in [0.1, 0.15) is 0 Å². The molecule has 0 spiro atoms. The van der Waals surface area contributed by atoms with E-state index in [4.69, 9.17) is 21.0 Å². The summed E-state index contributed by atoms with van der Waals surface area (Å²) in [7, 11) is 0. The zero-order valence-electron chi connectivity index (χ0n) is 4.14. The number of nitriles is 4. The Kier molecular flexibility index (Phi) is 2.25. The molecule has 4 nitrogen and oxygen atoms in total. The first-order valence-electron chi connectivity index (χ1n) is 1.60. The van der Waals surface area contributed by atoms with Crippen molar-refractivity contribution in [2.45, 2.75) is 0 Å². The van der Waals surface area contributed by atoms with E-state index in [-0.39, 0.29) is 0 Å². The zero-order chi connectivity index (χ0) is 7.33. The van der Waals surface area contributed by atoms with Crippen LogP contribution in [0.5, 0.6) is 0 Å². The number of nitrogens with zero attached hydrogens (tertiary/aromatic N) is 4. The summed E-state index contributed by atoms with van der Waals surface area (Å²) in [6, 6.07) is 0. The Balaban J connectivity index is 4.84. The van der Waals surface area contributed by atoms with Crippen LogP contribution in [-0.4, -0.2) is 0 Å². The van der Waals surface area contributed by atoms with Gasteiger partial charge in [-0.05, 0) is 0 Å². The van der Waals surface area contributed by atoms with E-state index in [1.54, 1.807) is 0 Å². The van der Waals surface area contributed by atoms with E-state index < -0.39 is 12.8 Å². The second-order valence-electron chi connectivity index (χ2n) is 0.847. The topological polar surface area (TPSA) is 95.2 Å². The first-order valence-corrected chi connectivity index (χ1v) is 3.81. The van der Waals surface area contributed by atoms with Crippen molar-refractivity contribution >= 4 is 0 Å². The fourth-order valence-corrected chi connectivity index (χ4v) is 0.437. The summed E-state index contributed by atoms with van der Waals surface area (Å²) in [6.45, 7) is 0. The number of hydrogen-bond donors (Lipinski definition) is 0. The molecule has 0 aliphatic heterocycles. The van der Waals surface area contributed by atoms with Crippen LogP contribution in [0, 0.1) is 40.9 Å². The summed E-state index contributed by atoms with van der Waals surface area (Å²) in [5.41, 5.74) is 0. The van der Waals surface area contributed by atoms with Gasteiger partial charge in [-0.3, -0.25) is 0 Å². The zero-order valence-corrected chi connectivity index (χ0v) is 5.25. The number of hydrogen-bond acceptors (Lipinski definition) is 4. The van der Waals surface area contributed by atoms with Crippen LogP contribution in [0.4, 0.5) is 0 Å². The molecule has 0 atom stereocenters. The molecule has 9 heavy (non-hydrogen) atoms. The standard InChI is InChI=1S/4CN.Fe/c4*1-2;. The van der Waals surface area contributed by atoms with Crippen LogP contribution in [-0.2, 0) is 12.8 Å². The molecule has 0 saturated carbocycles. The van der Waals surface area contributed by atoms with Gasteiger partial charge in [0.2, 0.25) is 0 Å². The van der Waals surface area contributed by atoms with Gasteiger partial charge >= 0.3 is 53.8 Å². The SMILES string of the molecule is N#[C][Fe]([C]#N)([C]#N)[C]#N. The van der Waals surface area contributed by atoms with E-state index in [0.717, 1.165) is 0 Å². The van der Waals surface area contributed by atoms with Crippen molar-refractivity contribution in [3.8, 4) is 19.9 Å². The third kappa shape index (κ3) is 1.18. The van der Waals surface area contributed by atoms with Gasteiger partial charge in [0.1, 0.15) is 0 Å². The maximum atomic E-state index is 8.11. The molecule has 0 fully saturated rings. The fraction of sp³-hybridized carbons (Fsp3) is 0. The van der Waals surface area contributed by atoms with Crippen molar-refractivity contribution in [1.29, 1.82) is 21.0 Å². The van der Waals surface area contributed by atoms with E-state index in [2.05, 4.69) is 0 Å². The second kappa shape index (κ2) is 2.71. The van der Waals surface area contributed by atoms with E-state index in [1.165, 1.54) is 19.9 Å². The van der Waals surface area contributed by atoms with Crippen molar-refractivity contribution in [3.63, 3.8) is 0 Å². The molecule has 0 saturated heterocycles. The fourth-order valence-electron chi connectivity index (χ4n) is 0.106. The summed E-state index contributed by atoms with van der Waals surface area (Å²) in [6.07, 6.45) is 0. The molecule has 0 aromatic heterocycles. The van der Waals surface area contributed by atoms with Gasteiger partial charge in [-0.2, -0.15) is 0 Å². The molecule has 0 aromatic carbocycles. The first-order chi connectivity index (χ1) is 4.24. The quantitative estimate of drug-likeness (QED) is 0.468. The Morgan fingerprint density at radius 3 is 0.889 bits per heavy atom. The van der Waals surface area contributed by atoms with E-state index in [1.807, 2.05) is 0 Å². The van der Waals surface area contributed by atoms with Crippen LogP contribution in [0.3, 0.4) is 0 Å². The molecule has 5 heteroatoms. The summed E-state index contributed by atoms with van der Waals surface area (Å²) < 4.78 is 0. The molecule has 0 aromatic rings. The monoisotopic (exact) mass is 160 g/mol. The molecule has 0 amide bonds. The maximum absolute atomic E-state index is 8.11. The minimum atomic E-state index is -3.33. The first kappa shape index (κ1) is 7.48. The van der Waals surface area contributed by atoms with Crippen molar-refractivity contribution < 1.29 is 12.8 Å². The summed E-state index contributed by atoms with van der Waals surface area (Å²) in [4.78, 5) is 5.62. The van der Waals surface area contributed by atoms with Crippen LogP contribution in [0.25, 0.3) is 0 Å². The van der Waals surface area contributed by atoms with E-state index in [9.17, 15) is 0 Å². The molecule has 0 aliphatic rings. The van der Waals surface area contributed by atoms with Crippen molar-refractivity contribution in [2.75, 3.05) is 0 Å². The molecule has 0 aliphatic carbocycles. The van der Waals surface area contributed by atoms with Crippen LogP contribution in [0.2, 0.25) is 0 Å². The molecule has 0 rings (SSSR count). The molecule has 0 heterocycles. The molecule has 0 bridgehead atoms. The third-order valence-corrected chi connectivity index (χ3v) is 1.96. The van der Waals surface area contributed by atoms with Crippen LogP contribution in [0.15, 0.2) is 0 Å². The van der Waals surface area contributed by atoms with Crippen molar-refractivity contribution in [2.24, 2.45) is 0 Å². The van der Waals surface area contributed by atoms with Gasteiger partial charge in [-0.1, -0.05) is 0 Å². The van der Waals surface area contributed by atoms with Gasteiger partial charge in [-0.15, -0.1) is 0 Å². The molecular formula is C4FeN4. The average Bonchev–Trinajstić information content (AvgIpc) is 1.95. The average molecular weight is 160 g/mol. The van der Waals surface area contributed by atoms with Crippen molar-refractivity contribution in [3.05, 3.63) is 0 Å². The molecule has 0 radical (unpaired) electrons. The summed E-state index contributed by atoms with van der Waals surface area (Å²) in [5, 5.41) is 32.5.